The first-order valence-electron chi connectivity index (χ1n) is 9.29. The Bertz CT molecular complexity index is 1000. The van der Waals surface area contributed by atoms with Gasteiger partial charge in [0, 0.05) is 18.1 Å². The van der Waals surface area contributed by atoms with Gasteiger partial charge in [0.25, 0.3) is 10.0 Å². The maximum atomic E-state index is 12.7. The molecule has 0 amide bonds. The lowest BCUT2D eigenvalue weighted by Crippen LogP contribution is -2.31. The fraction of sp³-hybridized carbons (Fsp3) is 0.421. The molecule has 164 valence electrons. The molecule has 1 aromatic carbocycles. The SMILES string of the molecule is COc1cc(C)c(S(=O)(=O)NC=NNCCCC(N)C(=O)c2nccs2)c(C)c1C. The van der Waals surface area contributed by atoms with Crippen molar-refractivity contribution < 1.29 is 17.9 Å². The molecular formula is C19H27N5O4S2. The van der Waals surface area contributed by atoms with Crippen LogP contribution in [0.5, 0.6) is 5.75 Å². The number of hydrazone groups is 1. The van der Waals surface area contributed by atoms with Gasteiger partial charge in [0.15, 0.2) is 5.01 Å². The molecular weight excluding hydrogens is 426 g/mol. The number of nitrogens with one attached hydrogen (secondary N) is 2. The van der Waals surface area contributed by atoms with Gasteiger partial charge in [-0.3, -0.25) is 9.52 Å². The van der Waals surface area contributed by atoms with E-state index in [1.165, 1.54) is 11.3 Å². The van der Waals surface area contributed by atoms with E-state index in [4.69, 9.17) is 10.5 Å². The number of aryl methyl sites for hydroxylation is 1. The van der Waals surface area contributed by atoms with Gasteiger partial charge in [-0.25, -0.2) is 13.4 Å². The summed E-state index contributed by atoms with van der Waals surface area (Å²) in [5.41, 5.74) is 10.6. The summed E-state index contributed by atoms with van der Waals surface area (Å²) >= 11 is 1.26. The van der Waals surface area contributed by atoms with Gasteiger partial charge in [0.1, 0.15) is 12.1 Å². The molecule has 0 radical (unpaired) electrons. The summed E-state index contributed by atoms with van der Waals surface area (Å²) in [4.78, 5) is 16.2. The Morgan fingerprint density at radius 1 is 1.37 bits per heavy atom. The number of rotatable bonds is 11. The number of hydrogen-bond acceptors (Lipinski definition) is 9. The molecule has 1 aromatic heterocycles. The molecule has 0 aliphatic rings. The Kier molecular flexibility index (Phi) is 8.33. The third kappa shape index (κ3) is 5.77. The van der Waals surface area contributed by atoms with Crippen molar-refractivity contribution in [2.45, 2.75) is 44.6 Å². The average molecular weight is 454 g/mol. The molecule has 0 fully saturated rings. The fourth-order valence-corrected chi connectivity index (χ4v) is 4.94. The van der Waals surface area contributed by atoms with Gasteiger partial charge >= 0.3 is 0 Å². The molecule has 9 nitrogen and oxygen atoms in total. The third-order valence-corrected chi connectivity index (χ3v) is 6.98. The minimum atomic E-state index is -3.78. The normalized spacial score (nSPS) is 12.7. The number of nitrogens with two attached hydrogens (primary N) is 1. The number of thiazole rings is 1. The summed E-state index contributed by atoms with van der Waals surface area (Å²) in [5, 5.41) is 6.00. The highest BCUT2D eigenvalue weighted by Gasteiger charge is 2.22. The highest BCUT2D eigenvalue weighted by molar-refractivity contribution is 7.90. The zero-order chi connectivity index (χ0) is 22.3. The number of ether oxygens (including phenoxy) is 1. The summed E-state index contributed by atoms with van der Waals surface area (Å²) in [6.45, 7) is 5.71. The number of hydrogen-bond donors (Lipinski definition) is 3. The Labute approximate surface area is 180 Å². The molecule has 0 saturated carbocycles. The first-order valence-corrected chi connectivity index (χ1v) is 11.7. The molecule has 2 rings (SSSR count). The van der Waals surface area contributed by atoms with Gasteiger partial charge in [-0.1, -0.05) is 0 Å². The fourth-order valence-electron chi connectivity index (χ4n) is 2.95. The molecule has 0 aliphatic heterocycles. The van der Waals surface area contributed by atoms with Gasteiger partial charge in [0.05, 0.1) is 18.0 Å². The molecule has 0 aliphatic carbocycles. The van der Waals surface area contributed by atoms with E-state index < -0.39 is 16.1 Å². The molecule has 1 atom stereocenters. The summed E-state index contributed by atoms with van der Waals surface area (Å²) in [5.74, 6) is 0.465. The maximum absolute atomic E-state index is 12.7. The van der Waals surface area contributed by atoms with Crippen molar-refractivity contribution in [3.8, 4) is 5.75 Å². The van der Waals surface area contributed by atoms with Crippen molar-refractivity contribution in [2.75, 3.05) is 13.7 Å². The van der Waals surface area contributed by atoms with Crippen LogP contribution in [0.15, 0.2) is 27.6 Å². The van der Waals surface area contributed by atoms with Gasteiger partial charge in [-0.15, -0.1) is 11.3 Å². The first kappa shape index (κ1) is 23.8. The number of benzene rings is 1. The number of methoxy groups -OCH3 is 1. The van der Waals surface area contributed by atoms with E-state index in [1.807, 2.05) is 6.92 Å². The van der Waals surface area contributed by atoms with E-state index in [2.05, 4.69) is 20.2 Å². The average Bonchev–Trinajstić information content (AvgIpc) is 3.23. The van der Waals surface area contributed by atoms with E-state index in [-0.39, 0.29) is 10.7 Å². The number of sulfonamides is 1. The van der Waals surface area contributed by atoms with E-state index in [0.29, 0.717) is 41.3 Å². The van der Waals surface area contributed by atoms with Crippen molar-refractivity contribution in [2.24, 2.45) is 10.8 Å². The highest BCUT2D eigenvalue weighted by atomic mass is 32.2. The summed E-state index contributed by atoms with van der Waals surface area (Å²) in [6.07, 6.45) is 3.72. The summed E-state index contributed by atoms with van der Waals surface area (Å²) in [7, 11) is -2.23. The second kappa shape index (κ2) is 10.5. The van der Waals surface area contributed by atoms with Crippen LogP contribution in [0.25, 0.3) is 0 Å². The smallest absolute Gasteiger partial charge is 0.263 e. The molecule has 0 bridgehead atoms. The zero-order valence-corrected chi connectivity index (χ0v) is 19.1. The lowest BCUT2D eigenvalue weighted by Gasteiger charge is -2.15. The first-order chi connectivity index (χ1) is 14.2. The van der Waals surface area contributed by atoms with Gasteiger partial charge in [-0.2, -0.15) is 5.10 Å². The van der Waals surface area contributed by atoms with E-state index >= 15 is 0 Å². The van der Waals surface area contributed by atoms with Crippen LogP contribution in [0, 0.1) is 20.8 Å². The number of Topliss-reactive ketones (excluding diaryl/α,β-unsaturated/α-hetero) is 1. The minimum Gasteiger partial charge on any atom is -0.496 e. The van der Waals surface area contributed by atoms with Crippen LogP contribution in [-0.4, -0.2) is 45.2 Å². The van der Waals surface area contributed by atoms with Crippen LogP contribution in [0.4, 0.5) is 0 Å². The van der Waals surface area contributed by atoms with E-state index in [9.17, 15) is 13.2 Å². The monoisotopic (exact) mass is 453 g/mol. The van der Waals surface area contributed by atoms with Gasteiger partial charge in [-0.05, 0) is 56.4 Å². The van der Waals surface area contributed by atoms with Gasteiger partial charge < -0.3 is 15.9 Å². The van der Waals surface area contributed by atoms with Crippen LogP contribution < -0.4 is 20.6 Å². The van der Waals surface area contributed by atoms with Crippen LogP contribution in [-0.2, 0) is 10.0 Å². The molecule has 0 saturated heterocycles. The topological polar surface area (TPSA) is 136 Å². The van der Waals surface area contributed by atoms with E-state index in [1.54, 1.807) is 38.6 Å². The molecule has 2 aromatic rings. The Hall–Kier alpha value is -2.50. The maximum Gasteiger partial charge on any atom is 0.263 e. The molecule has 30 heavy (non-hydrogen) atoms. The summed E-state index contributed by atoms with van der Waals surface area (Å²) < 4.78 is 33.0. The standard InChI is InChI=1S/C19H27N5O4S2/c1-12-10-16(28-4)13(2)14(3)18(12)30(26,27)24-11-23-22-7-5-6-15(20)17(25)19-21-8-9-29-19/h8-11,15,22H,5-7,20H2,1-4H3,(H,23,24). The molecule has 1 unspecified atom stereocenters. The number of carbonyl (C=O) groups is 1. The largest absolute Gasteiger partial charge is 0.496 e. The quantitative estimate of drug-likeness (QED) is 0.155. The second-order valence-corrected chi connectivity index (χ2v) is 9.26. The number of nitrogens with zero attached hydrogens (tertiary/aromatic N) is 2. The number of ketones is 1. The van der Waals surface area contributed by atoms with E-state index in [0.717, 1.165) is 11.9 Å². The van der Waals surface area contributed by atoms with Crippen molar-refractivity contribution in [1.82, 2.24) is 15.1 Å². The Morgan fingerprint density at radius 2 is 2.10 bits per heavy atom. The lowest BCUT2D eigenvalue weighted by molar-refractivity contribution is 0.0956. The summed E-state index contributed by atoms with van der Waals surface area (Å²) in [6, 6.07) is 1.08. The van der Waals surface area contributed by atoms with Gasteiger partial charge in [0.2, 0.25) is 5.78 Å². The Morgan fingerprint density at radius 3 is 2.73 bits per heavy atom. The van der Waals surface area contributed by atoms with Crippen molar-refractivity contribution in [1.29, 1.82) is 0 Å². The predicted octanol–water partition coefficient (Wildman–Crippen LogP) is 1.88. The van der Waals surface area contributed by atoms with Crippen molar-refractivity contribution in [3.05, 3.63) is 39.3 Å². The number of aromatic nitrogens is 1. The van der Waals surface area contributed by atoms with Crippen LogP contribution in [0.1, 0.15) is 39.3 Å². The molecule has 1 heterocycles. The molecule has 0 spiro atoms. The molecule has 11 heteroatoms. The third-order valence-electron chi connectivity index (χ3n) is 4.61. The zero-order valence-electron chi connectivity index (χ0n) is 17.4. The van der Waals surface area contributed by atoms with Crippen LogP contribution >= 0.6 is 11.3 Å². The Balaban J connectivity index is 1.84. The van der Waals surface area contributed by atoms with Crippen LogP contribution in [0.3, 0.4) is 0 Å². The highest BCUT2D eigenvalue weighted by Crippen LogP contribution is 2.30. The lowest BCUT2D eigenvalue weighted by atomic mass is 10.1. The number of carbonyl (C=O) groups excluding carboxylic acids is 1. The van der Waals surface area contributed by atoms with Crippen LogP contribution in [0.2, 0.25) is 0 Å². The van der Waals surface area contributed by atoms with Crippen molar-refractivity contribution >= 4 is 33.5 Å². The predicted molar refractivity (Wildman–Crippen MR) is 118 cm³/mol. The molecule has 4 N–H and O–H groups in total. The second-order valence-electron chi connectivity index (χ2n) is 6.71. The van der Waals surface area contributed by atoms with Crippen molar-refractivity contribution in [3.63, 3.8) is 0 Å². The minimum absolute atomic E-state index is 0.179.